The number of halogens is 2. The van der Waals surface area contributed by atoms with Gasteiger partial charge in [0, 0.05) is 5.54 Å². The van der Waals surface area contributed by atoms with Crippen molar-refractivity contribution in [1.29, 1.82) is 0 Å². The van der Waals surface area contributed by atoms with Crippen molar-refractivity contribution < 1.29 is 9.59 Å². The molecule has 0 aromatic carbocycles. The van der Waals surface area contributed by atoms with Gasteiger partial charge in [0.25, 0.3) is 11.8 Å². The number of hydrogen-bond acceptors (Lipinski definition) is 3. The number of hydrazine groups is 1. The van der Waals surface area contributed by atoms with Crippen molar-refractivity contribution in [3.63, 3.8) is 0 Å². The zero-order chi connectivity index (χ0) is 11.1. The van der Waals surface area contributed by atoms with E-state index < -0.39 is 17.4 Å². The minimum absolute atomic E-state index is 0.242. The minimum Gasteiger partial charge on any atom is -0.266 e. The fourth-order valence-corrected chi connectivity index (χ4v) is 1.24. The zero-order valence-corrected chi connectivity index (χ0v) is 9.53. The lowest BCUT2D eigenvalue weighted by molar-refractivity contribution is -0.142. The second-order valence-corrected chi connectivity index (χ2v) is 4.69. The van der Waals surface area contributed by atoms with Crippen molar-refractivity contribution >= 4 is 35.0 Å². The molecule has 0 saturated carbocycles. The SMILES string of the molecule is CC(C)(C)NN1C(=O)C(Cl)=C(Cl)C1=O. The summed E-state index contributed by atoms with van der Waals surface area (Å²) in [7, 11) is 0. The summed E-state index contributed by atoms with van der Waals surface area (Å²) in [6.45, 7) is 5.44. The monoisotopic (exact) mass is 236 g/mol. The van der Waals surface area contributed by atoms with E-state index in [0.29, 0.717) is 0 Å². The highest BCUT2D eigenvalue weighted by molar-refractivity contribution is 6.58. The minimum atomic E-state index is -0.614. The highest BCUT2D eigenvalue weighted by Crippen LogP contribution is 2.25. The number of carbonyl (C=O) groups is 2. The highest BCUT2D eigenvalue weighted by atomic mass is 35.5. The topological polar surface area (TPSA) is 49.4 Å². The van der Waals surface area contributed by atoms with Gasteiger partial charge in [-0.2, -0.15) is 0 Å². The third-order valence-electron chi connectivity index (χ3n) is 1.42. The summed E-state index contributed by atoms with van der Waals surface area (Å²) in [5.74, 6) is -1.23. The summed E-state index contributed by atoms with van der Waals surface area (Å²) in [6, 6.07) is 0. The van der Waals surface area contributed by atoms with Crippen molar-refractivity contribution in [2.75, 3.05) is 0 Å². The number of carbonyl (C=O) groups excluding carboxylic acids is 2. The van der Waals surface area contributed by atoms with Crippen LogP contribution in [0.2, 0.25) is 0 Å². The van der Waals surface area contributed by atoms with Crippen LogP contribution in [-0.2, 0) is 9.59 Å². The lowest BCUT2D eigenvalue weighted by atomic mass is 10.1. The molecule has 0 spiro atoms. The second kappa shape index (κ2) is 3.53. The molecule has 0 radical (unpaired) electrons. The summed E-state index contributed by atoms with van der Waals surface area (Å²) in [6.07, 6.45) is 0. The Morgan fingerprint density at radius 3 is 1.71 bits per heavy atom. The Labute approximate surface area is 91.8 Å². The van der Waals surface area contributed by atoms with Crippen molar-refractivity contribution in [3.05, 3.63) is 10.1 Å². The van der Waals surface area contributed by atoms with Gasteiger partial charge in [-0.15, -0.1) is 0 Å². The fraction of sp³-hybridized carbons (Fsp3) is 0.500. The van der Waals surface area contributed by atoms with Crippen LogP contribution in [0.15, 0.2) is 10.1 Å². The molecule has 1 heterocycles. The normalized spacial score (nSPS) is 18.5. The van der Waals surface area contributed by atoms with Crippen LogP contribution < -0.4 is 5.43 Å². The molecule has 2 amide bonds. The third kappa shape index (κ3) is 2.08. The third-order valence-corrected chi connectivity index (χ3v) is 2.22. The van der Waals surface area contributed by atoms with Gasteiger partial charge in [-0.25, -0.2) is 10.4 Å². The maximum atomic E-state index is 11.4. The van der Waals surface area contributed by atoms with E-state index in [2.05, 4.69) is 5.43 Å². The van der Waals surface area contributed by atoms with E-state index in [-0.39, 0.29) is 10.1 Å². The van der Waals surface area contributed by atoms with Crippen molar-refractivity contribution in [2.45, 2.75) is 26.3 Å². The van der Waals surface area contributed by atoms with Gasteiger partial charge in [-0.05, 0) is 20.8 Å². The predicted octanol–water partition coefficient (Wildman–Crippen LogP) is 1.35. The molecule has 4 nitrogen and oxygen atoms in total. The van der Waals surface area contributed by atoms with Gasteiger partial charge in [0.05, 0.1) is 0 Å². The van der Waals surface area contributed by atoms with Crippen LogP contribution in [0.4, 0.5) is 0 Å². The lowest BCUT2D eigenvalue weighted by Gasteiger charge is -2.26. The molecule has 0 bridgehead atoms. The number of rotatable bonds is 1. The number of imide groups is 1. The Morgan fingerprint density at radius 1 is 1.07 bits per heavy atom. The average Bonchev–Trinajstić information content (AvgIpc) is 2.20. The molecule has 0 aromatic rings. The standard InChI is InChI=1S/C8H10Cl2N2O2/c1-8(2,3)11-12-6(13)4(9)5(10)7(12)14/h11H,1-3H3. The van der Waals surface area contributed by atoms with E-state index in [1.54, 1.807) is 0 Å². The van der Waals surface area contributed by atoms with E-state index in [9.17, 15) is 9.59 Å². The van der Waals surface area contributed by atoms with Crippen molar-refractivity contribution in [3.8, 4) is 0 Å². The summed E-state index contributed by atoms with van der Waals surface area (Å²) in [5, 5.41) is 0.340. The van der Waals surface area contributed by atoms with E-state index in [0.717, 1.165) is 5.01 Å². The van der Waals surface area contributed by atoms with Gasteiger partial charge >= 0.3 is 0 Å². The molecular formula is C8H10Cl2N2O2. The molecule has 1 aliphatic rings. The van der Waals surface area contributed by atoms with E-state index in [1.807, 2.05) is 20.8 Å². The van der Waals surface area contributed by atoms with E-state index in [1.165, 1.54) is 0 Å². The summed E-state index contributed by atoms with van der Waals surface area (Å²) < 4.78 is 0. The molecule has 0 atom stereocenters. The van der Waals surface area contributed by atoms with Crippen LogP contribution in [0.3, 0.4) is 0 Å². The van der Waals surface area contributed by atoms with Crippen molar-refractivity contribution in [2.24, 2.45) is 0 Å². The van der Waals surface area contributed by atoms with Crippen LogP contribution in [-0.4, -0.2) is 22.4 Å². The number of nitrogens with zero attached hydrogens (tertiary/aromatic N) is 1. The predicted molar refractivity (Wildman–Crippen MR) is 53.5 cm³/mol. The molecule has 1 rings (SSSR count). The Kier molecular flexibility index (Phi) is 2.90. The summed E-state index contributed by atoms with van der Waals surface area (Å²) in [4.78, 5) is 22.7. The van der Waals surface area contributed by atoms with Gasteiger partial charge in [-0.3, -0.25) is 9.59 Å². The number of nitrogens with one attached hydrogen (secondary N) is 1. The molecule has 0 unspecified atom stereocenters. The smallest absolute Gasteiger partial charge is 0.266 e. The molecule has 0 saturated heterocycles. The van der Waals surface area contributed by atoms with Crippen LogP contribution in [0.25, 0.3) is 0 Å². The lowest BCUT2D eigenvalue weighted by Crippen LogP contribution is -2.52. The fourth-order valence-electron chi connectivity index (χ4n) is 0.913. The molecule has 6 heteroatoms. The Bertz CT molecular complexity index is 307. The first-order chi connectivity index (χ1) is 6.24. The molecule has 14 heavy (non-hydrogen) atoms. The maximum absolute atomic E-state index is 11.4. The summed E-state index contributed by atoms with van der Waals surface area (Å²) in [5.41, 5.74) is 2.29. The van der Waals surface area contributed by atoms with Gasteiger partial charge in [0.1, 0.15) is 10.1 Å². The second-order valence-electron chi connectivity index (χ2n) is 3.94. The Hall–Kier alpha value is -0.580. The van der Waals surface area contributed by atoms with Gasteiger partial charge in [0.2, 0.25) is 0 Å². The molecule has 78 valence electrons. The molecule has 0 fully saturated rings. The Morgan fingerprint density at radius 2 is 1.43 bits per heavy atom. The van der Waals surface area contributed by atoms with E-state index in [4.69, 9.17) is 23.2 Å². The van der Waals surface area contributed by atoms with Gasteiger partial charge in [0.15, 0.2) is 0 Å². The zero-order valence-electron chi connectivity index (χ0n) is 8.02. The first kappa shape index (κ1) is 11.5. The quantitative estimate of drug-likeness (QED) is 0.700. The van der Waals surface area contributed by atoms with Crippen LogP contribution in [0, 0.1) is 0 Å². The number of amides is 2. The largest absolute Gasteiger partial charge is 0.288 e. The van der Waals surface area contributed by atoms with Crippen LogP contribution in [0.5, 0.6) is 0 Å². The molecule has 0 aliphatic carbocycles. The van der Waals surface area contributed by atoms with Crippen LogP contribution in [0.1, 0.15) is 20.8 Å². The highest BCUT2D eigenvalue weighted by Gasteiger charge is 2.38. The van der Waals surface area contributed by atoms with Crippen molar-refractivity contribution in [1.82, 2.24) is 10.4 Å². The first-order valence-electron chi connectivity index (χ1n) is 3.96. The van der Waals surface area contributed by atoms with Crippen LogP contribution >= 0.6 is 23.2 Å². The maximum Gasteiger partial charge on any atom is 0.288 e. The molecular weight excluding hydrogens is 227 g/mol. The molecule has 0 aromatic heterocycles. The summed E-state index contributed by atoms with van der Waals surface area (Å²) >= 11 is 11.1. The Balaban J connectivity index is 2.88. The van der Waals surface area contributed by atoms with Gasteiger partial charge in [-0.1, -0.05) is 23.2 Å². The first-order valence-corrected chi connectivity index (χ1v) is 4.71. The molecule has 1 N–H and O–H groups in total. The average molecular weight is 237 g/mol. The van der Waals surface area contributed by atoms with E-state index >= 15 is 0 Å². The van der Waals surface area contributed by atoms with Gasteiger partial charge < -0.3 is 0 Å². The molecule has 1 aliphatic heterocycles. The number of hydrogen-bond donors (Lipinski definition) is 1.